The van der Waals surface area contributed by atoms with Gasteiger partial charge in [-0.05, 0) is 134 Å². The lowest BCUT2D eigenvalue weighted by Crippen LogP contribution is -2.50. The van der Waals surface area contributed by atoms with Gasteiger partial charge in [-0.3, -0.25) is 0 Å². The maximum atomic E-state index is 3.82. The van der Waals surface area contributed by atoms with Gasteiger partial charge in [-0.25, -0.2) is 9.13 Å². The normalized spacial score (nSPS) is 33.1. The van der Waals surface area contributed by atoms with Crippen molar-refractivity contribution in [2.75, 3.05) is 0 Å². The molecule has 0 spiro atoms. The summed E-state index contributed by atoms with van der Waals surface area (Å²) >= 11 is 3.82. The standard InChI is InChI=1S/C43H60BrN2/c1-28(2)11-10-12-29(3)36-17-18-37-35-16-15-33-25-34(19-21-42(33,6)38(35)20-22-43(36,37)7)46-27-45(26-32-13-8-9-14-39(32)44)40-23-30(4)31(5)24-41(40)46/h8-9,13-15,23-24,27-29,34-38H,10-12,16-22,25-26H2,1-7H3/q+1/t29-,34-,35+,36-,37+,38+,42+,43-/m1/s1. The molecule has 0 radical (unpaired) electrons. The van der Waals surface area contributed by atoms with E-state index >= 15 is 0 Å². The predicted molar refractivity (Wildman–Crippen MR) is 197 cm³/mol. The van der Waals surface area contributed by atoms with Gasteiger partial charge in [0.1, 0.15) is 12.6 Å². The Morgan fingerprint density at radius 2 is 1.72 bits per heavy atom. The van der Waals surface area contributed by atoms with Crippen LogP contribution in [0.15, 0.2) is 58.8 Å². The molecule has 3 aromatic rings. The molecule has 3 saturated carbocycles. The van der Waals surface area contributed by atoms with E-state index in [9.17, 15) is 0 Å². The maximum absolute atomic E-state index is 3.82. The van der Waals surface area contributed by atoms with Crippen LogP contribution in [0, 0.1) is 60.2 Å². The van der Waals surface area contributed by atoms with Crippen LogP contribution < -0.4 is 4.57 Å². The van der Waals surface area contributed by atoms with E-state index in [2.05, 4.69) is 122 Å². The summed E-state index contributed by atoms with van der Waals surface area (Å²) in [6.07, 6.45) is 20.6. The Bertz CT molecular complexity index is 1610. The van der Waals surface area contributed by atoms with Gasteiger partial charge >= 0.3 is 0 Å². The molecule has 2 nitrogen and oxygen atoms in total. The van der Waals surface area contributed by atoms with Crippen LogP contribution in [0.4, 0.5) is 0 Å². The number of imidazole rings is 1. The Hall–Kier alpha value is -1.87. The maximum Gasteiger partial charge on any atom is 0.245 e. The first-order chi connectivity index (χ1) is 22.0. The lowest BCUT2D eigenvalue weighted by atomic mass is 9.47. The van der Waals surface area contributed by atoms with Crippen LogP contribution in [0.1, 0.15) is 128 Å². The van der Waals surface area contributed by atoms with E-state index in [1.165, 1.54) is 103 Å². The zero-order valence-electron chi connectivity index (χ0n) is 29.9. The molecule has 0 amide bonds. The summed E-state index contributed by atoms with van der Waals surface area (Å²) in [5.74, 6) is 5.40. The minimum Gasteiger partial charge on any atom is -0.227 e. The summed E-state index contributed by atoms with van der Waals surface area (Å²) in [5.41, 5.74) is 9.65. The summed E-state index contributed by atoms with van der Waals surface area (Å²) in [7, 11) is 0. The minimum atomic E-state index is 0.391. The van der Waals surface area contributed by atoms with Crippen molar-refractivity contribution in [1.29, 1.82) is 0 Å². The molecule has 0 aliphatic heterocycles. The number of fused-ring (bicyclic) bond motifs is 6. The highest BCUT2D eigenvalue weighted by molar-refractivity contribution is 9.10. The molecule has 1 heterocycles. The Balaban J connectivity index is 1.13. The Kier molecular flexibility index (Phi) is 8.91. The van der Waals surface area contributed by atoms with E-state index in [4.69, 9.17) is 0 Å². The molecule has 7 rings (SSSR count). The van der Waals surface area contributed by atoms with Crippen LogP contribution in [0.5, 0.6) is 0 Å². The van der Waals surface area contributed by atoms with Crippen LogP contribution >= 0.6 is 15.9 Å². The Morgan fingerprint density at radius 3 is 2.50 bits per heavy atom. The van der Waals surface area contributed by atoms with Crippen molar-refractivity contribution >= 4 is 27.0 Å². The average Bonchev–Trinajstić information content (AvgIpc) is 3.55. The highest BCUT2D eigenvalue weighted by Gasteiger charge is 2.59. The third-order valence-electron chi connectivity index (χ3n) is 14.4. The number of allylic oxidation sites excluding steroid dienone is 2. The molecule has 46 heavy (non-hydrogen) atoms. The molecule has 3 fully saturated rings. The van der Waals surface area contributed by atoms with E-state index in [0.29, 0.717) is 16.9 Å². The zero-order valence-corrected chi connectivity index (χ0v) is 31.5. The highest BCUT2D eigenvalue weighted by atomic mass is 79.9. The topological polar surface area (TPSA) is 8.81 Å². The molecule has 4 aliphatic carbocycles. The minimum absolute atomic E-state index is 0.391. The van der Waals surface area contributed by atoms with E-state index in [1.807, 2.05) is 0 Å². The third-order valence-corrected chi connectivity index (χ3v) is 15.2. The fourth-order valence-corrected chi connectivity index (χ4v) is 12.0. The SMILES string of the molecule is Cc1cc2c(cc1C)[n+](Cc1ccccc1Br)cn2[C@@H]1CC[C@@]2(C)C(=CC[C@H]3[C@@H]4CC[C@H]([C@H](C)CCCC(C)C)[C@@]4(C)CC[C@@H]32)C1. The van der Waals surface area contributed by atoms with Gasteiger partial charge in [-0.1, -0.05) is 99.7 Å². The molecule has 0 N–H and O–H groups in total. The molecule has 3 heteroatoms. The van der Waals surface area contributed by atoms with Crippen molar-refractivity contribution in [3.05, 3.63) is 75.5 Å². The van der Waals surface area contributed by atoms with Gasteiger partial charge in [0.2, 0.25) is 6.33 Å². The second kappa shape index (κ2) is 12.5. The summed E-state index contributed by atoms with van der Waals surface area (Å²) < 4.78 is 6.37. The van der Waals surface area contributed by atoms with E-state index in [0.717, 1.165) is 42.1 Å². The first-order valence-electron chi connectivity index (χ1n) is 18.9. The van der Waals surface area contributed by atoms with Gasteiger partial charge in [-0.15, -0.1) is 0 Å². The number of rotatable bonds is 8. The predicted octanol–water partition coefficient (Wildman–Crippen LogP) is 11.9. The van der Waals surface area contributed by atoms with Crippen molar-refractivity contribution in [1.82, 2.24) is 4.57 Å². The highest BCUT2D eigenvalue weighted by Crippen LogP contribution is 2.67. The van der Waals surface area contributed by atoms with Crippen LogP contribution in [0.2, 0.25) is 0 Å². The Morgan fingerprint density at radius 1 is 0.935 bits per heavy atom. The molecule has 248 valence electrons. The number of halogens is 1. The third kappa shape index (κ3) is 5.57. The van der Waals surface area contributed by atoms with Gasteiger partial charge in [-0.2, -0.15) is 0 Å². The molecule has 0 saturated heterocycles. The number of benzene rings is 2. The molecular weight excluding hydrogens is 624 g/mol. The lowest BCUT2D eigenvalue weighted by Gasteiger charge is -2.58. The number of hydrogen-bond donors (Lipinski definition) is 0. The first-order valence-corrected chi connectivity index (χ1v) is 19.7. The number of aromatic nitrogens is 2. The molecule has 0 unspecified atom stereocenters. The van der Waals surface area contributed by atoms with E-state index in [-0.39, 0.29) is 0 Å². The summed E-state index contributed by atoms with van der Waals surface area (Å²) in [5, 5.41) is 0. The van der Waals surface area contributed by atoms with Crippen LogP contribution in [0.25, 0.3) is 11.0 Å². The molecule has 4 aliphatic rings. The van der Waals surface area contributed by atoms with Gasteiger partial charge in [0.05, 0.1) is 0 Å². The monoisotopic (exact) mass is 683 g/mol. The van der Waals surface area contributed by atoms with E-state index in [1.54, 1.807) is 5.57 Å². The molecule has 8 atom stereocenters. The summed E-state index contributed by atoms with van der Waals surface area (Å²) in [6.45, 7) is 18.3. The van der Waals surface area contributed by atoms with Crippen molar-refractivity contribution in [3.63, 3.8) is 0 Å². The number of hydrogen-bond acceptors (Lipinski definition) is 0. The second-order valence-corrected chi connectivity index (χ2v) is 18.2. The number of nitrogens with zero attached hydrogens (tertiary/aromatic N) is 2. The molecule has 1 aromatic heterocycles. The molecule has 2 aromatic carbocycles. The van der Waals surface area contributed by atoms with Gasteiger partial charge in [0.25, 0.3) is 0 Å². The average molecular weight is 685 g/mol. The number of aryl methyl sites for hydroxylation is 2. The van der Waals surface area contributed by atoms with Gasteiger partial charge in [0.15, 0.2) is 11.0 Å². The van der Waals surface area contributed by atoms with Crippen molar-refractivity contribution in [2.45, 2.75) is 132 Å². The van der Waals surface area contributed by atoms with Crippen molar-refractivity contribution in [2.24, 2.45) is 46.3 Å². The van der Waals surface area contributed by atoms with Gasteiger partial charge in [0, 0.05) is 16.5 Å². The van der Waals surface area contributed by atoms with Crippen LogP contribution in [0.3, 0.4) is 0 Å². The molecule has 0 bridgehead atoms. The van der Waals surface area contributed by atoms with Crippen LogP contribution in [-0.4, -0.2) is 4.57 Å². The lowest BCUT2D eigenvalue weighted by molar-refractivity contribution is -0.663. The smallest absolute Gasteiger partial charge is 0.227 e. The van der Waals surface area contributed by atoms with Crippen molar-refractivity contribution < 1.29 is 4.57 Å². The van der Waals surface area contributed by atoms with E-state index < -0.39 is 0 Å². The van der Waals surface area contributed by atoms with Crippen LogP contribution in [-0.2, 0) is 6.54 Å². The fraction of sp³-hybridized carbons (Fsp3) is 0.651. The largest absolute Gasteiger partial charge is 0.245 e. The quantitative estimate of drug-likeness (QED) is 0.165. The summed E-state index contributed by atoms with van der Waals surface area (Å²) in [6, 6.07) is 14.1. The summed E-state index contributed by atoms with van der Waals surface area (Å²) in [4.78, 5) is 0. The van der Waals surface area contributed by atoms with Crippen molar-refractivity contribution in [3.8, 4) is 0 Å². The van der Waals surface area contributed by atoms with Gasteiger partial charge < -0.3 is 0 Å². The second-order valence-electron chi connectivity index (χ2n) is 17.4. The zero-order chi connectivity index (χ0) is 32.4. The Labute approximate surface area is 288 Å². The fourth-order valence-electron chi connectivity index (χ4n) is 11.6. The molecular formula is C43H60BrN2+. The first kappa shape index (κ1) is 32.7.